The van der Waals surface area contributed by atoms with Gasteiger partial charge in [-0.2, -0.15) is 0 Å². The Hall–Kier alpha value is -1.47. The number of pyridine rings is 1. The van der Waals surface area contributed by atoms with Crippen LogP contribution >= 0.6 is 0 Å². The van der Waals surface area contributed by atoms with Crippen molar-refractivity contribution in [2.75, 3.05) is 4.43 Å². The Labute approximate surface area is 189 Å². The molecule has 2 aromatic heterocycles. The molecular weight excluding hydrogens is 490 g/mol. The molecule has 4 rings (SSSR count). The average Bonchev–Trinajstić information content (AvgIpc) is 3.06. The van der Waals surface area contributed by atoms with E-state index in [1.54, 1.807) is 11.8 Å². The Morgan fingerprint density at radius 3 is 2.80 bits per heavy atom. The van der Waals surface area contributed by atoms with E-state index in [2.05, 4.69) is 30.1 Å². The van der Waals surface area contributed by atoms with Crippen molar-refractivity contribution >= 4 is 5.65 Å². The summed E-state index contributed by atoms with van der Waals surface area (Å²) in [5.74, 6) is -0.297. The van der Waals surface area contributed by atoms with Gasteiger partial charge in [-0.15, -0.1) is 0 Å². The first-order valence-electron chi connectivity index (χ1n) is 11.1. The summed E-state index contributed by atoms with van der Waals surface area (Å²) in [6, 6.07) is 9.90. The van der Waals surface area contributed by atoms with Crippen LogP contribution in [0.2, 0.25) is 0 Å². The van der Waals surface area contributed by atoms with Crippen LogP contribution in [0.1, 0.15) is 77.1 Å². The number of nitrogens with zero attached hydrogens (tertiary/aromatic N) is 2. The summed E-state index contributed by atoms with van der Waals surface area (Å²) in [6.07, 6.45) is 8.29. The Kier molecular flexibility index (Phi) is 7.08. The number of imidazole rings is 1. The molecule has 1 saturated heterocycles. The third kappa shape index (κ3) is 4.72. The monoisotopic (exact) mass is 521 g/mol. The zero-order valence-electron chi connectivity index (χ0n) is 17.9. The van der Waals surface area contributed by atoms with Crippen LogP contribution < -0.4 is 21.2 Å². The third-order valence-electron chi connectivity index (χ3n) is 6.13. The van der Waals surface area contributed by atoms with Crippen LogP contribution in [-0.2, 0) is 12.8 Å². The molecule has 3 aromatic rings. The molecule has 1 N–H and O–H groups in total. The molecule has 162 valence electrons. The summed E-state index contributed by atoms with van der Waals surface area (Å²) < 4.78 is 17.7. The van der Waals surface area contributed by atoms with Crippen molar-refractivity contribution in [3.8, 4) is 0 Å². The van der Waals surface area contributed by atoms with Gasteiger partial charge in [-0.1, -0.05) is 6.92 Å². The minimum absolute atomic E-state index is 0.297. The molecule has 2 unspecified atom stereocenters. The normalized spacial score (nSPS) is 17.5. The fraction of sp³-hybridized carbons (Fsp3) is 0.480. The number of halogens is 2. The van der Waals surface area contributed by atoms with Crippen LogP contribution in [0.4, 0.5) is 4.39 Å². The molecule has 1 aliphatic rings. The summed E-state index contributed by atoms with van der Waals surface area (Å²) >= 11 is 0.396. The Morgan fingerprint density at radius 2 is 2.07 bits per heavy atom. The number of alkyl halides is 2. The number of aliphatic hydroxyl groups is 1. The molecule has 0 radical (unpaired) electrons. The van der Waals surface area contributed by atoms with E-state index in [1.165, 1.54) is 34.1 Å². The minimum atomic E-state index is -0.561. The number of aromatic nitrogens is 2. The molecule has 0 aliphatic carbocycles. The maximum atomic E-state index is 13.5. The fourth-order valence-electron chi connectivity index (χ4n) is 4.32. The number of hydrogen-bond acceptors (Lipinski definition) is 2. The van der Waals surface area contributed by atoms with E-state index in [0.29, 0.717) is 33.3 Å². The van der Waals surface area contributed by atoms with Crippen molar-refractivity contribution in [1.82, 2.24) is 9.38 Å². The van der Waals surface area contributed by atoms with Crippen LogP contribution in [0.25, 0.3) is 5.65 Å². The average molecular weight is 521 g/mol. The summed E-state index contributed by atoms with van der Waals surface area (Å²) in [6.45, 7) is 4.28. The number of rotatable bonds is 9. The zero-order valence-corrected chi connectivity index (χ0v) is 20.0. The van der Waals surface area contributed by atoms with Crippen LogP contribution in [0.15, 0.2) is 36.5 Å². The van der Waals surface area contributed by atoms with E-state index >= 15 is 0 Å². The zero-order chi connectivity index (χ0) is 21.1. The van der Waals surface area contributed by atoms with Gasteiger partial charge >= 0.3 is 137 Å². The van der Waals surface area contributed by atoms with E-state index in [0.717, 1.165) is 47.4 Å². The molecule has 0 saturated carbocycles. The van der Waals surface area contributed by atoms with Crippen LogP contribution in [0.5, 0.6) is 0 Å². The van der Waals surface area contributed by atoms with Crippen molar-refractivity contribution < 1.29 is 30.7 Å². The maximum absolute atomic E-state index is 13.5. The van der Waals surface area contributed by atoms with Gasteiger partial charge in [0.2, 0.25) is 0 Å². The van der Waals surface area contributed by atoms with Gasteiger partial charge in [0.05, 0.1) is 0 Å². The first-order valence-corrected chi connectivity index (χ1v) is 13.9. The molecule has 3 heterocycles. The molecule has 1 fully saturated rings. The molecule has 3 nitrogen and oxygen atoms in total. The van der Waals surface area contributed by atoms with Crippen molar-refractivity contribution in [2.45, 2.75) is 68.8 Å². The van der Waals surface area contributed by atoms with E-state index < -0.39 is 6.10 Å². The summed E-state index contributed by atoms with van der Waals surface area (Å²) in [5.41, 5.74) is 6.79. The number of hydrogen-bond donors (Lipinski definition) is 1. The summed E-state index contributed by atoms with van der Waals surface area (Å²) in [5, 5.41) is 10.8. The molecule has 1 aliphatic heterocycles. The van der Waals surface area contributed by atoms with Gasteiger partial charge in [-0.25, -0.2) is 9.37 Å². The van der Waals surface area contributed by atoms with Gasteiger partial charge in [0, 0.05) is 12.3 Å². The standard InChI is InChI=1S/C25H31FIN2O/c1-3-22-25(29-14-12-19(26)16-24(29)28-22)23(30)8-6-4-5-7-18-10-9-17(2)20(15-18)21-11-13-27-21/h9-10,12,14-16,21,23,30H,3-8,11,13H2,1-2H3/q-1. The van der Waals surface area contributed by atoms with E-state index in [-0.39, 0.29) is 5.82 Å². The summed E-state index contributed by atoms with van der Waals surface area (Å²) in [7, 11) is 0. The first-order chi connectivity index (χ1) is 14.6. The number of fused-ring (bicyclic) bond motifs is 1. The first kappa shape index (κ1) is 21.8. The molecule has 0 spiro atoms. The van der Waals surface area contributed by atoms with Crippen molar-refractivity contribution in [1.29, 1.82) is 0 Å². The number of benzene rings is 1. The molecule has 0 bridgehead atoms. The Balaban J connectivity index is 1.30. The van der Waals surface area contributed by atoms with Crippen molar-refractivity contribution in [3.63, 3.8) is 0 Å². The van der Waals surface area contributed by atoms with Crippen LogP contribution in [0.3, 0.4) is 0 Å². The fourth-order valence-corrected chi connectivity index (χ4v) is 6.71. The van der Waals surface area contributed by atoms with Gasteiger partial charge in [-0.3, -0.25) is 0 Å². The van der Waals surface area contributed by atoms with Gasteiger partial charge in [0.1, 0.15) is 11.5 Å². The molecule has 0 amide bonds. The van der Waals surface area contributed by atoms with E-state index in [1.807, 2.05) is 11.3 Å². The molecular formula is C25H31FIN2O-. The van der Waals surface area contributed by atoms with Gasteiger partial charge in [0.25, 0.3) is 0 Å². The second-order valence-corrected chi connectivity index (χ2v) is 11.7. The number of aryl methyl sites for hydroxylation is 3. The Morgan fingerprint density at radius 1 is 1.23 bits per heavy atom. The Bertz CT molecular complexity index is 1010. The van der Waals surface area contributed by atoms with Crippen LogP contribution in [-0.4, -0.2) is 18.9 Å². The predicted molar refractivity (Wildman–Crippen MR) is 115 cm³/mol. The number of unbranched alkanes of at least 4 members (excludes halogenated alkanes) is 2. The SMILES string of the molecule is CCc1nc2cc(F)ccn2c1C(O)CCCCCc1ccc(C)c(C2CC[I-]2)c1. The van der Waals surface area contributed by atoms with E-state index in [9.17, 15) is 9.50 Å². The van der Waals surface area contributed by atoms with Gasteiger partial charge in [-0.05, 0) is 12.5 Å². The topological polar surface area (TPSA) is 37.5 Å². The van der Waals surface area contributed by atoms with E-state index in [4.69, 9.17) is 0 Å². The van der Waals surface area contributed by atoms with Gasteiger partial charge in [0.15, 0.2) is 0 Å². The van der Waals surface area contributed by atoms with Crippen LogP contribution in [0, 0.1) is 12.7 Å². The van der Waals surface area contributed by atoms with Crippen molar-refractivity contribution in [2.24, 2.45) is 0 Å². The van der Waals surface area contributed by atoms with Crippen molar-refractivity contribution in [3.05, 3.63) is 70.4 Å². The second kappa shape index (κ2) is 9.77. The second-order valence-electron chi connectivity index (χ2n) is 8.28. The number of aliphatic hydroxyl groups excluding tert-OH is 1. The summed E-state index contributed by atoms with van der Waals surface area (Å²) in [4.78, 5) is 4.50. The molecule has 30 heavy (non-hydrogen) atoms. The predicted octanol–water partition coefficient (Wildman–Crippen LogP) is 2.71. The quantitative estimate of drug-likeness (QED) is 0.267. The molecule has 5 heteroatoms. The van der Waals surface area contributed by atoms with Gasteiger partial charge < -0.3 is 0 Å². The molecule has 2 atom stereocenters. The molecule has 1 aromatic carbocycles. The third-order valence-corrected chi connectivity index (χ3v) is 9.74.